The third-order valence-corrected chi connectivity index (χ3v) is 2.51. The van der Waals surface area contributed by atoms with E-state index in [0.717, 1.165) is 0 Å². The number of carbonyl (C=O) groups is 1. The Bertz CT molecular complexity index is 632. The molecule has 1 heterocycles. The Balaban J connectivity index is 2.19. The molecule has 0 bridgehead atoms. The van der Waals surface area contributed by atoms with Gasteiger partial charge in [-0.05, 0) is 31.2 Å². The highest BCUT2D eigenvalue weighted by molar-refractivity contribution is 5.88. The molecule has 104 valence electrons. The number of pyridine rings is 1. The zero-order chi connectivity index (χ0) is 14.5. The molecule has 1 aromatic carbocycles. The number of aromatic nitrogens is 1. The molecule has 2 rings (SSSR count). The van der Waals surface area contributed by atoms with E-state index in [1.165, 1.54) is 30.5 Å². The first kappa shape index (κ1) is 13.8. The highest BCUT2D eigenvalue weighted by Crippen LogP contribution is 2.23. The molecule has 0 atom stereocenters. The second-order valence-electron chi connectivity index (χ2n) is 3.94. The molecule has 0 saturated heterocycles. The minimum absolute atomic E-state index is 0.105. The number of hydrogen-bond donors (Lipinski definition) is 2. The van der Waals surface area contributed by atoms with Crippen LogP contribution >= 0.6 is 0 Å². The lowest BCUT2D eigenvalue weighted by atomic mass is 10.2. The molecule has 2 aromatic rings. The second-order valence-corrected chi connectivity index (χ2v) is 3.94. The van der Waals surface area contributed by atoms with Gasteiger partial charge in [-0.15, -0.1) is 0 Å². The van der Waals surface area contributed by atoms with Crippen molar-refractivity contribution in [3.8, 4) is 5.75 Å². The summed E-state index contributed by atoms with van der Waals surface area (Å²) in [6.45, 7) is 2.15. The Kier molecular flexibility index (Phi) is 4.14. The fraction of sp³-hybridized carbons (Fsp3) is 0.143. The Morgan fingerprint density at radius 2 is 2.20 bits per heavy atom. The van der Waals surface area contributed by atoms with E-state index in [2.05, 4.69) is 10.3 Å². The maximum atomic E-state index is 13.7. The van der Waals surface area contributed by atoms with Crippen molar-refractivity contribution in [2.45, 2.75) is 6.92 Å². The van der Waals surface area contributed by atoms with Crippen LogP contribution < -0.4 is 10.1 Å². The van der Waals surface area contributed by atoms with Crippen molar-refractivity contribution < 1.29 is 19.0 Å². The van der Waals surface area contributed by atoms with Crippen molar-refractivity contribution in [3.63, 3.8) is 0 Å². The summed E-state index contributed by atoms with van der Waals surface area (Å²) in [4.78, 5) is 14.8. The number of carboxylic acids is 1. The number of aromatic carboxylic acids is 1. The largest absolute Gasteiger partial charge is 0.491 e. The summed E-state index contributed by atoms with van der Waals surface area (Å²) in [5, 5.41) is 11.7. The van der Waals surface area contributed by atoms with Crippen LogP contribution in [0.1, 0.15) is 17.3 Å². The number of nitrogens with zero attached hydrogens (tertiary/aromatic N) is 1. The van der Waals surface area contributed by atoms with E-state index in [0.29, 0.717) is 18.1 Å². The van der Waals surface area contributed by atoms with Gasteiger partial charge in [-0.25, -0.2) is 14.2 Å². The Labute approximate surface area is 115 Å². The minimum atomic E-state index is -1.05. The van der Waals surface area contributed by atoms with E-state index in [4.69, 9.17) is 9.84 Å². The van der Waals surface area contributed by atoms with E-state index >= 15 is 0 Å². The van der Waals surface area contributed by atoms with Gasteiger partial charge in [0.25, 0.3) is 0 Å². The normalized spacial score (nSPS) is 10.1. The number of benzene rings is 1. The van der Waals surface area contributed by atoms with Gasteiger partial charge in [0, 0.05) is 18.0 Å². The quantitative estimate of drug-likeness (QED) is 0.878. The molecule has 6 heteroatoms. The minimum Gasteiger partial charge on any atom is -0.491 e. The van der Waals surface area contributed by atoms with Gasteiger partial charge in [0.15, 0.2) is 11.6 Å². The van der Waals surface area contributed by atoms with Gasteiger partial charge in [-0.1, -0.05) is 0 Å². The van der Waals surface area contributed by atoms with Gasteiger partial charge in [-0.2, -0.15) is 0 Å². The standard InChI is InChI=1S/C14H13FN2O3/c1-2-20-12-4-3-10(8-11(12)15)17-13-7-9(14(18)19)5-6-16-13/h3-8H,2H2,1H3,(H,16,17)(H,18,19). The van der Waals surface area contributed by atoms with E-state index in [1.807, 2.05) is 0 Å². The van der Waals surface area contributed by atoms with Crippen LogP contribution in [-0.2, 0) is 0 Å². The maximum absolute atomic E-state index is 13.7. The van der Waals surface area contributed by atoms with Crippen LogP contribution in [-0.4, -0.2) is 22.7 Å². The highest BCUT2D eigenvalue weighted by Gasteiger charge is 2.07. The molecule has 0 aliphatic heterocycles. The van der Waals surface area contributed by atoms with Crippen LogP contribution in [0.2, 0.25) is 0 Å². The van der Waals surface area contributed by atoms with Gasteiger partial charge < -0.3 is 15.2 Å². The average Bonchev–Trinajstić information content (AvgIpc) is 2.42. The lowest BCUT2D eigenvalue weighted by Gasteiger charge is -2.09. The molecular weight excluding hydrogens is 263 g/mol. The van der Waals surface area contributed by atoms with E-state index in [9.17, 15) is 9.18 Å². The van der Waals surface area contributed by atoms with Crippen molar-refractivity contribution in [1.29, 1.82) is 0 Å². The Hall–Kier alpha value is -2.63. The van der Waals surface area contributed by atoms with E-state index in [1.54, 1.807) is 13.0 Å². The Morgan fingerprint density at radius 1 is 1.40 bits per heavy atom. The average molecular weight is 276 g/mol. The molecule has 5 nitrogen and oxygen atoms in total. The lowest BCUT2D eigenvalue weighted by molar-refractivity contribution is 0.0697. The third-order valence-electron chi connectivity index (χ3n) is 2.51. The molecule has 0 unspecified atom stereocenters. The highest BCUT2D eigenvalue weighted by atomic mass is 19.1. The summed E-state index contributed by atoms with van der Waals surface area (Å²) in [6.07, 6.45) is 1.37. The molecule has 0 saturated carbocycles. The van der Waals surface area contributed by atoms with E-state index < -0.39 is 11.8 Å². The molecule has 0 amide bonds. The van der Waals surface area contributed by atoms with Crippen LogP contribution in [0.25, 0.3) is 0 Å². The molecule has 20 heavy (non-hydrogen) atoms. The van der Waals surface area contributed by atoms with Crippen LogP contribution in [0, 0.1) is 5.82 Å². The second kappa shape index (κ2) is 6.01. The maximum Gasteiger partial charge on any atom is 0.335 e. The van der Waals surface area contributed by atoms with Gasteiger partial charge in [0.1, 0.15) is 5.82 Å². The molecule has 0 spiro atoms. The van der Waals surface area contributed by atoms with Gasteiger partial charge in [0.05, 0.1) is 12.2 Å². The van der Waals surface area contributed by atoms with Crippen molar-refractivity contribution in [1.82, 2.24) is 4.98 Å². The lowest BCUT2D eigenvalue weighted by Crippen LogP contribution is -2.00. The summed E-state index contributed by atoms with van der Waals surface area (Å²) in [5.41, 5.74) is 0.565. The molecule has 0 radical (unpaired) electrons. The number of halogens is 1. The first-order valence-electron chi connectivity index (χ1n) is 5.99. The fourth-order valence-electron chi connectivity index (χ4n) is 1.63. The zero-order valence-electron chi connectivity index (χ0n) is 10.8. The summed E-state index contributed by atoms with van der Waals surface area (Å²) >= 11 is 0. The molecular formula is C14H13FN2O3. The monoisotopic (exact) mass is 276 g/mol. The van der Waals surface area contributed by atoms with E-state index in [-0.39, 0.29) is 11.3 Å². The number of ether oxygens (including phenoxy) is 1. The molecule has 2 N–H and O–H groups in total. The van der Waals surface area contributed by atoms with Crippen LogP contribution in [0.5, 0.6) is 5.75 Å². The van der Waals surface area contributed by atoms with Crippen LogP contribution in [0.15, 0.2) is 36.5 Å². The smallest absolute Gasteiger partial charge is 0.335 e. The Morgan fingerprint density at radius 3 is 2.85 bits per heavy atom. The van der Waals surface area contributed by atoms with Crippen molar-refractivity contribution in [2.75, 3.05) is 11.9 Å². The molecule has 0 fully saturated rings. The third kappa shape index (κ3) is 3.23. The van der Waals surface area contributed by atoms with Gasteiger partial charge in [-0.3, -0.25) is 0 Å². The zero-order valence-corrected chi connectivity index (χ0v) is 10.8. The SMILES string of the molecule is CCOc1ccc(Nc2cc(C(=O)O)ccn2)cc1F. The summed E-state index contributed by atoms with van der Waals surface area (Å²) in [6, 6.07) is 7.15. The van der Waals surface area contributed by atoms with Crippen molar-refractivity contribution in [3.05, 3.63) is 47.9 Å². The van der Waals surface area contributed by atoms with Gasteiger partial charge in [0.2, 0.25) is 0 Å². The predicted molar refractivity (Wildman–Crippen MR) is 72.0 cm³/mol. The number of nitrogens with one attached hydrogen (secondary N) is 1. The van der Waals surface area contributed by atoms with Crippen molar-refractivity contribution >= 4 is 17.5 Å². The molecule has 1 aromatic heterocycles. The number of anilines is 2. The number of hydrogen-bond acceptors (Lipinski definition) is 4. The summed E-state index contributed by atoms with van der Waals surface area (Å²) in [7, 11) is 0. The number of rotatable bonds is 5. The molecule has 0 aliphatic rings. The predicted octanol–water partition coefficient (Wildman–Crippen LogP) is 3.06. The number of carboxylic acid groups (broad SMARTS) is 1. The fourth-order valence-corrected chi connectivity index (χ4v) is 1.63. The van der Waals surface area contributed by atoms with Crippen LogP contribution in [0.4, 0.5) is 15.9 Å². The van der Waals surface area contributed by atoms with Crippen LogP contribution in [0.3, 0.4) is 0 Å². The topological polar surface area (TPSA) is 71.5 Å². The van der Waals surface area contributed by atoms with Crippen molar-refractivity contribution in [2.24, 2.45) is 0 Å². The first-order chi connectivity index (χ1) is 9.60. The summed E-state index contributed by atoms with van der Waals surface area (Å²) < 4.78 is 18.8. The summed E-state index contributed by atoms with van der Waals surface area (Å²) in [5.74, 6) is -1.04. The van der Waals surface area contributed by atoms with Gasteiger partial charge >= 0.3 is 5.97 Å². The first-order valence-corrected chi connectivity index (χ1v) is 5.99. The molecule has 0 aliphatic carbocycles.